The summed E-state index contributed by atoms with van der Waals surface area (Å²) in [5.74, 6) is 1.01. The quantitative estimate of drug-likeness (QED) is 0.342. The Labute approximate surface area is 206 Å². The lowest BCUT2D eigenvalue weighted by Crippen LogP contribution is -2.39. The first kappa shape index (κ1) is 23.7. The third-order valence-electron chi connectivity index (χ3n) is 5.83. The number of amides is 1. The molecule has 1 aliphatic rings. The van der Waals surface area contributed by atoms with Crippen molar-refractivity contribution in [2.75, 3.05) is 44.8 Å². The van der Waals surface area contributed by atoms with Crippen molar-refractivity contribution in [3.05, 3.63) is 71.6 Å². The van der Waals surface area contributed by atoms with Gasteiger partial charge in [0, 0.05) is 37.6 Å². The van der Waals surface area contributed by atoms with E-state index >= 15 is 0 Å². The highest BCUT2D eigenvalue weighted by Crippen LogP contribution is 2.25. The first-order chi connectivity index (χ1) is 17.5. The van der Waals surface area contributed by atoms with Gasteiger partial charge in [0.2, 0.25) is 0 Å². The lowest BCUT2D eigenvalue weighted by Gasteiger charge is -2.26. The van der Waals surface area contributed by atoms with E-state index in [1.165, 1.54) is 12.1 Å². The molecular weight excluding hydrogens is 467 g/mol. The topological polar surface area (TPSA) is 122 Å². The van der Waals surface area contributed by atoms with Gasteiger partial charge >= 0.3 is 6.09 Å². The fraction of sp³-hybridized carbons (Fsp3) is 0.333. The van der Waals surface area contributed by atoms with Gasteiger partial charge in [-0.1, -0.05) is 12.1 Å². The average molecular weight is 495 g/mol. The van der Waals surface area contributed by atoms with E-state index in [0.29, 0.717) is 42.8 Å². The Morgan fingerprint density at radius 2 is 2.06 bits per heavy atom. The first-order valence-corrected chi connectivity index (χ1v) is 11.7. The number of aryl methyl sites for hydroxylation is 1. The van der Waals surface area contributed by atoms with E-state index in [9.17, 15) is 9.18 Å². The maximum absolute atomic E-state index is 13.7. The van der Waals surface area contributed by atoms with E-state index in [4.69, 9.17) is 14.5 Å². The number of benzene rings is 1. The molecule has 3 N–H and O–H groups in total. The molecule has 4 heterocycles. The summed E-state index contributed by atoms with van der Waals surface area (Å²) in [4.78, 5) is 19.6. The average Bonchev–Trinajstić information content (AvgIpc) is 3.52. The highest BCUT2D eigenvalue weighted by molar-refractivity contribution is 5.72. The van der Waals surface area contributed by atoms with Crippen LogP contribution in [-0.4, -0.2) is 75.2 Å². The van der Waals surface area contributed by atoms with E-state index in [1.807, 2.05) is 25.1 Å². The maximum atomic E-state index is 13.7. The summed E-state index contributed by atoms with van der Waals surface area (Å²) in [6.07, 6.45) is 1.16. The zero-order chi connectivity index (χ0) is 24.9. The van der Waals surface area contributed by atoms with Crippen molar-refractivity contribution in [3.8, 4) is 0 Å². The van der Waals surface area contributed by atoms with Crippen molar-refractivity contribution in [1.29, 1.82) is 0 Å². The Kier molecular flexibility index (Phi) is 7.05. The number of carbonyl (C=O) groups excluding carboxylic acids is 1. The van der Waals surface area contributed by atoms with Gasteiger partial charge in [-0.2, -0.15) is 5.10 Å². The number of H-pyrrole nitrogens is 1. The lowest BCUT2D eigenvalue weighted by molar-refractivity contribution is 0.0280. The van der Waals surface area contributed by atoms with Gasteiger partial charge in [0.05, 0.1) is 13.2 Å². The van der Waals surface area contributed by atoms with E-state index in [-0.39, 0.29) is 12.4 Å². The number of carbonyl (C=O) groups is 1. The van der Waals surface area contributed by atoms with Gasteiger partial charge in [-0.3, -0.25) is 10.00 Å². The minimum Gasteiger partial charge on any atom is -0.448 e. The number of hydrogen-bond donors (Lipinski definition) is 3. The molecule has 1 atom stereocenters. The van der Waals surface area contributed by atoms with E-state index < -0.39 is 12.1 Å². The molecule has 12 heteroatoms. The number of aromatic nitrogens is 5. The second-order valence-corrected chi connectivity index (χ2v) is 8.44. The Hall–Kier alpha value is -4.03. The molecule has 0 bridgehead atoms. The molecular formula is C24H27FN8O3. The third-order valence-corrected chi connectivity index (χ3v) is 5.83. The number of ether oxygens (including phenoxy) is 2. The summed E-state index contributed by atoms with van der Waals surface area (Å²) in [6, 6.07) is 10.6. The smallest absolute Gasteiger partial charge is 0.408 e. The predicted molar refractivity (Wildman–Crippen MR) is 130 cm³/mol. The Morgan fingerprint density at radius 3 is 2.81 bits per heavy atom. The fourth-order valence-electron chi connectivity index (χ4n) is 3.97. The van der Waals surface area contributed by atoms with Gasteiger partial charge in [0.1, 0.15) is 24.0 Å². The van der Waals surface area contributed by atoms with Gasteiger partial charge in [0.15, 0.2) is 17.5 Å². The summed E-state index contributed by atoms with van der Waals surface area (Å²) in [5.41, 5.74) is 2.23. The van der Waals surface area contributed by atoms with Crippen LogP contribution in [0.3, 0.4) is 0 Å². The van der Waals surface area contributed by atoms with E-state index in [1.54, 1.807) is 22.8 Å². The Morgan fingerprint density at radius 1 is 1.25 bits per heavy atom. The van der Waals surface area contributed by atoms with Crippen LogP contribution in [0.4, 0.5) is 20.8 Å². The van der Waals surface area contributed by atoms with Crippen molar-refractivity contribution < 1.29 is 18.7 Å². The van der Waals surface area contributed by atoms with Crippen LogP contribution in [0.1, 0.15) is 23.1 Å². The van der Waals surface area contributed by atoms with Crippen LogP contribution >= 0.6 is 0 Å². The molecule has 4 aromatic rings. The monoisotopic (exact) mass is 494 g/mol. The molecule has 1 aromatic carbocycles. The van der Waals surface area contributed by atoms with Crippen LogP contribution in [-0.2, 0) is 9.47 Å². The predicted octanol–water partition coefficient (Wildman–Crippen LogP) is 2.79. The molecule has 188 valence electrons. The normalized spacial score (nSPS) is 15.1. The first-order valence-electron chi connectivity index (χ1n) is 11.7. The number of hydrogen-bond acceptors (Lipinski definition) is 8. The SMILES string of the molecule is Cc1cc(Nc2nc(C(NC(=O)OCCN3CCOCC3)c3ccc(F)cc3)nn3cccc23)n[nH]1. The summed E-state index contributed by atoms with van der Waals surface area (Å²) < 4.78 is 26.1. The van der Waals surface area contributed by atoms with E-state index in [2.05, 4.69) is 30.8 Å². The van der Waals surface area contributed by atoms with Crippen molar-refractivity contribution in [3.63, 3.8) is 0 Å². The minimum absolute atomic E-state index is 0.227. The second-order valence-electron chi connectivity index (χ2n) is 8.44. The molecule has 0 saturated carbocycles. The van der Waals surface area contributed by atoms with E-state index in [0.717, 1.165) is 24.3 Å². The van der Waals surface area contributed by atoms with Crippen LogP contribution in [0.5, 0.6) is 0 Å². The molecule has 1 saturated heterocycles. The number of anilines is 2. The van der Waals surface area contributed by atoms with Crippen molar-refractivity contribution in [1.82, 2.24) is 35.0 Å². The number of fused-ring (bicyclic) bond motifs is 1. The molecule has 1 amide bonds. The molecule has 1 fully saturated rings. The molecule has 11 nitrogen and oxygen atoms in total. The molecule has 0 aliphatic carbocycles. The zero-order valence-electron chi connectivity index (χ0n) is 19.8. The molecule has 0 spiro atoms. The summed E-state index contributed by atoms with van der Waals surface area (Å²) in [7, 11) is 0. The maximum Gasteiger partial charge on any atom is 0.408 e. The van der Waals surface area contributed by atoms with Crippen LogP contribution in [0.25, 0.3) is 5.52 Å². The number of aromatic amines is 1. The van der Waals surface area contributed by atoms with Crippen LogP contribution in [0.15, 0.2) is 48.7 Å². The number of halogens is 1. The Bertz CT molecular complexity index is 1320. The molecule has 3 aromatic heterocycles. The standard InChI is InChI=1S/C24H27FN8O3/c1-16-15-20(30-29-16)26-22-19-3-2-8-33(19)31-23(28-22)21(17-4-6-18(25)7-5-17)27-24(34)36-14-11-32-9-12-35-13-10-32/h2-8,15,21H,9-14H2,1H3,(H,27,34)(H2,26,28,29,30,31). The minimum atomic E-state index is -0.783. The highest BCUT2D eigenvalue weighted by atomic mass is 19.1. The number of rotatable bonds is 8. The lowest BCUT2D eigenvalue weighted by atomic mass is 10.1. The van der Waals surface area contributed by atoms with Gasteiger partial charge < -0.3 is 20.1 Å². The largest absolute Gasteiger partial charge is 0.448 e. The number of nitrogens with one attached hydrogen (secondary N) is 3. The number of morpholine rings is 1. The molecule has 1 aliphatic heterocycles. The van der Waals surface area contributed by atoms with Gasteiger partial charge in [-0.25, -0.2) is 18.7 Å². The van der Waals surface area contributed by atoms with Crippen LogP contribution in [0, 0.1) is 12.7 Å². The van der Waals surface area contributed by atoms with Crippen LogP contribution in [0.2, 0.25) is 0 Å². The van der Waals surface area contributed by atoms with Crippen LogP contribution < -0.4 is 10.6 Å². The number of alkyl carbamates (subject to hydrolysis) is 1. The molecule has 5 rings (SSSR count). The molecule has 1 unspecified atom stereocenters. The summed E-state index contributed by atoms with van der Waals surface area (Å²) >= 11 is 0. The third kappa shape index (κ3) is 5.61. The Balaban J connectivity index is 1.39. The van der Waals surface area contributed by atoms with Crippen molar-refractivity contribution in [2.24, 2.45) is 0 Å². The number of nitrogens with zero attached hydrogens (tertiary/aromatic N) is 5. The van der Waals surface area contributed by atoms with Gasteiger partial charge in [-0.05, 0) is 36.8 Å². The molecule has 0 radical (unpaired) electrons. The van der Waals surface area contributed by atoms with Crippen molar-refractivity contribution in [2.45, 2.75) is 13.0 Å². The van der Waals surface area contributed by atoms with Gasteiger partial charge in [-0.15, -0.1) is 5.10 Å². The summed E-state index contributed by atoms with van der Waals surface area (Å²) in [6.45, 7) is 5.69. The summed E-state index contributed by atoms with van der Waals surface area (Å²) in [5, 5.41) is 17.7. The molecule has 36 heavy (non-hydrogen) atoms. The van der Waals surface area contributed by atoms with Gasteiger partial charge in [0.25, 0.3) is 0 Å². The van der Waals surface area contributed by atoms with Crippen molar-refractivity contribution >= 4 is 23.2 Å². The fourth-order valence-corrected chi connectivity index (χ4v) is 3.97. The second kappa shape index (κ2) is 10.7. The highest BCUT2D eigenvalue weighted by Gasteiger charge is 2.23. The zero-order valence-corrected chi connectivity index (χ0v) is 19.8.